The summed E-state index contributed by atoms with van der Waals surface area (Å²) in [6, 6.07) is 23.1. The first-order valence-electron chi connectivity index (χ1n) is 14.8. The van der Waals surface area contributed by atoms with Gasteiger partial charge in [0.05, 0.1) is 41.0 Å². The molecule has 7 rings (SSSR count). The Kier molecular flexibility index (Phi) is 7.22. The minimum atomic E-state index is -0.469. The summed E-state index contributed by atoms with van der Waals surface area (Å²) in [7, 11) is 1.36. The first-order valence-corrected chi connectivity index (χ1v) is 14.8. The van der Waals surface area contributed by atoms with Crippen molar-refractivity contribution in [3.8, 4) is 22.3 Å². The monoisotopic (exact) mass is 589 g/mol. The third-order valence-electron chi connectivity index (χ3n) is 8.82. The second-order valence-corrected chi connectivity index (χ2v) is 11.4. The Balaban J connectivity index is 1.45. The van der Waals surface area contributed by atoms with Crippen LogP contribution in [0, 0.1) is 25.6 Å². The zero-order valence-corrected chi connectivity index (χ0v) is 24.8. The average Bonchev–Trinajstić information content (AvgIpc) is 3.57. The molecule has 1 aliphatic heterocycles. The van der Waals surface area contributed by atoms with E-state index in [4.69, 9.17) is 19.0 Å². The zero-order chi connectivity index (χ0) is 30.4. The van der Waals surface area contributed by atoms with E-state index < -0.39 is 5.97 Å². The molecule has 0 bridgehead atoms. The Bertz CT molecular complexity index is 1980. The van der Waals surface area contributed by atoms with Gasteiger partial charge in [0.15, 0.2) is 0 Å². The first kappa shape index (κ1) is 28.0. The molecule has 3 aromatic heterocycles. The number of nitrogens with zero attached hydrogens (tertiary/aromatic N) is 3. The number of hydrogen-bond donors (Lipinski definition) is 0. The highest BCUT2D eigenvalue weighted by molar-refractivity contribution is 6.08. The highest BCUT2D eigenvalue weighted by Gasteiger charge is 2.32. The second kappa shape index (κ2) is 11.4. The van der Waals surface area contributed by atoms with Crippen molar-refractivity contribution in [2.75, 3.05) is 20.3 Å². The lowest BCUT2D eigenvalue weighted by Crippen LogP contribution is -2.27. The topological polar surface area (TPSA) is 79.4 Å². The summed E-state index contributed by atoms with van der Waals surface area (Å²) in [4.78, 5) is 17.4. The van der Waals surface area contributed by atoms with E-state index in [1.165, 1.54) is 13.2 Å². The lowest BCUT2D eigenvalue weighted by Gasteiger charge is -2.33. The number of carbonyl (C=O) groups excluding carboxylic acids is 1. The van der Waals surface area contributed by atoms with E-state index in [0.29, 0.717) is 24.3 Å². The zero-order valence-electron chi connectivity index (χ0n) is 24.8. The molecule has 0 unspecified atom stereocenters. The van der Waals surface area contributed by atoms with Crippen molar-refractivity contribution in [3.63, 3.8) is 0 Å². The highest BCUT2D eigenvalue weighted by Crippen LogP contribution is 2.42. The molecule has 4 heterocycles. The maximum Gasteiger partial charge on any atom is 0.339 e. The van der Waals surface area contributed by atoms with Crippen LogP contribution in [0.1, 0.15) is 46.3 Å². The molecule has 7 nitrogen and oxygen atoms in total. The first-order chi connectivity index (χ1) is 21.4. The molecule has 0 radical (unpaired) electrons. The number of halogens is 1. The summed E-state index contributed by atoms with van der Waals surface area (Å²) < 4.78 is 34.0. The Morgan fingerprint density at radius 1 is 0.955 bits per heavy atom. The number of benzene rings is 3. The van der Waals surface area contributed by atoms with Crippen molar-refractivity contribution >= 4 is 27.9 Å². The fourth-order valence-corrected chi connectivity index (χ4v) is 6.69. The van der Waals surface area contributed by atoms with Crippen molar-refractivity contribution in [2.45, 2.75) is 32.7 Å². The third-order valence-corrected chi connectivity index (χ3v) is 8.82. The van der Waals surface area contributed by atoms with Crippen molar-refractivity contribution in [1.82, 2.24) is 14.7 Å². The molecule has 222 valence electrons. The van der Waals surface area contributed by atoms with Crippen LogP contribution in [0.15, 0.2) is 83.5 Å². The highest BCUT2D eigenvalue weighted by atomic mass is 19.1. The third kappa shape index (κ3) is 4.75. The summed E-state index contributed by atoms with van der Waals surface area (Å²) in [6.07, 6.45) is 3.12. The second-order valence-electron chi connectivity index (χ2n) is 11.4. The van der Waals surface area contributed by atoms with E-state index in [-0.39, 0.29) is 17.8 Å². The quantitative estimate of drug-likeness (QED) is 0.183. The summed E-state index contributed by atoms with van der Waals surface area (Å²) in [6.45, 7) is 5.08. The van der Waals surface area contributed by atoms with Gasteiger partial charge in [-0.05, 0) is 67.5 Å². The van der Waals surface area contributed by atoms with Gasteiger partial charge in [0.2, 0.25) is 0 Å². The number of rotatable bonds is 6. The predicted octanol–water partition coefficient (Wildman–Crippen LogP) is 8.07. The predicted molar refractivity (Wildman–Crippen MR) is 167 cm³/mol. The van der Waals surface area contributed by atoms with Crippen LogP contribution in [-0.2, 0) is 9.47 Å². The van der Waals surface area contributed by atoms with Gasteiger partial charge in [-0.1, -0.05) is 59.8 Å². The minimum absolute atomic E-state index is 0.110. The number of carbonyl (C=O) groups is 1. The summed E-state index contributed by atoms with van der Waals surface area (Å²) in [5, 5.41) is 5.03. The summed E-state index contributed by atoms with van der Waals surface area (Å²) in [5.74, 6) is 0.164. The van der Waals surface area contributed by atoms with Crippen LogP contribution < -0.4 is 0 Å². The minimum Gasteiger partial charge on any atom is -0.465 e. The maximum atomic E-state index is 15.7. The number of fused-ring (bicyclic) bond motifs is 3. The molecule has 0 N–H and O–H groups in total. The number of esters is 1. The molecule has 1 aliphatic rings. The molecule has 0 spiro atoms. The van der Waals surface area contributed by atoms with Gasteiger partial charge in [0.1, 0.15) is 11.6 Å². The number of pyridine rings is 1. The molecule has 0 saturated carbocycles. The van der Waals surface area contributed by atoms with Gasteiger partial charge >= 0.3 is 5.97 Å². The number of ether oxygens (including phenoxy) is 2. The molecule has 1 atom stereocenters. The van der Waals surface area contributed by atoms with Crippen LogP contribution >= 0.6 is 0 Å². The van der Waals surface area contributed by atoms with Gasteiger partial charge in [-0.2, -0.15) is 0 Å². The SMILES string of the molecule is COC(=O)c1cnc2c3ccc(-c4ccc(-c5c(C)noc5C)cc4)cc3n([C@H](c3ccccc3F)C3CCOCC3)c2c1. The average molecular weight is 590 g/mol. The molecule has 0 aliphatic carbocycles. The number of methoxy groups -OCH3 is 1. The van der Waals surface area contributed by atoms with Crippen molar-refractivity contribution < 1.29 is 23.2 Å². The maximum absolute atomic E-state index is 15.7. The van der Waals surface area contributed by atoms with Crippen LogP contribution in [-0.4, -0.2) is 41.0 Å². The Morgan fingerprint density at radius 3 is 2.39 bits per heavy atom. The van der Waals surface area contributed by atoms with Gasteiger partial charge in [-0.25, -0.2) is 9.18 Å². The van der Waals surface area contributed by atoms with Crippen LogP contribution in [0.3, 0.4) is 0 Å². The largest absolute Gasteiger partial charge is 0.465 e. The van der Waals surface area contributed by atoms with Crippen LogP contribution in [0.25, 0.3) is 44.2 Å². The van der Waals surface area contributed by atoms with Gasteiger partial charge in [-0.3, -0.25) is 4.98 Å². The van der Waals surface area contributed by atoms with E-state index >= 15 is 4.39 Å². The number of aromatic nitrogens is 3. The van der Waals surface area contributed by atoms with Crippen LogP contribution in [0.2, 0.25) is 0 Å². The fourth-order valence-electron chi connectivity index (χ4n) is 6.69. The molecule has 1 fully saturated rings. The molecular weight excluding hydrogens is 557 g/mol. The van der Waals surface area contributed by atoms with E-state index in [1.807, 2.05) is 32.0 Å². The molecule has 0 amide bonds. The van der Waals surface area contributed by atoms with Crippen molar-refractivity contribution in [3.05, 3.63) is 107 Å². The molecule has 8 heteroatoms. The normalized spacial score (nSPS) is 14.7. The summed E-state index contributed by atoms with van der Waals surface area (Å²) in [5.41, 5.74) is 8.33. The Labute approximate surface area is 254 Å². The van der Waals surface area contributed by atoms with E-state index in [9.17, 15) is 4.79 Å². The number of hydrogen-bond acceptors (Lipinski definition) is 6. The smallest absolute Gasteiger partial charge is 0.339 e. The van der Waals surface area contributed by atoms with E-state index in [1.54, 1.807) is 12.3 Å². The van der Waals surface area contributed by atoms with E-state index in [2.05, 4.69) is 52.2 Å². The van der Waals surface area contributed by atoms with Gasteiger partial charge in [-0.15, -0.1) is 0 Å². The van der Waals surface area contributed by atoms with E-state index in [0.717, 1.165) is 68.5 Å². The van der Waals surface area contributed by atoms with Gasteiger partial charge < -0.3 is 18.6 Å². The summed E-state index contributed by atoms with van der Waals surface area (Å²) >= 11 is 0. The Hall–Kier alpha value is -4.82. The van der Waals surface area contributed by atoms with Gasteiger partial charge in [0, 0.05) is 35.9 Å². The fraction of sp³-hybridized carbons (Fsp3) is 0.250. The lowest BCUT2D eigenvalue weighted by atomic mass is 9.86. The van der Waals surface area contributed by atoms with Crippen LogP contribution in [0.4, 0.5) is 4.39 Å². The molecule has 3 aromatic carbocycles. The number of aryl methyl sites for hydroxylation is 2. The molecule has 44 heavy (non-hydrogen) atoms. The standard InChI is InChI=1S/C36H32FN3O4/c1-21-33(22(2)44-39-21)24-10-8-23(9-11-24)26-12-13-29-31(18-26)40(32-19-27(36(41)42-3)20-38-34(29)32)35(25-14-16-43-17-15-25)28-6-4-5-7-30(28)37/h4-13,18-20,25,35H,14-17H2,1-3H3/t35-/m0/s1. The Morgan fingerprint density at radius 2 is 1.68 bits per heavy atom. The lowest BCUT2D eigenvalue weighted by molar-refractivity contribution is 0.0548. The molecule has 6 aromatic rings. The molecular formula is C36H32FN3O4. The van der Waals surface area contributed by atoms with Crippen molar-refractivity contribution in [1.29, 1.82) is 0 Å². The molecule has 1 saturated heterocycles. The van der Waals surface area contributed by atoms with Crippen molar-refractivity contribution in [2.24, 2.45) is 5.92 Å². The van der Waals surface area contributed by atoms with Crippen LogP contribution in [0.5, 0.6) is 0 Å². The van der Waals surface area contributed by atoms with Gasteiger partial charge in [0.25, 0.3) is 0 Å².